The number of benzodiazepines with no additional fused rings is 1. The van der Waals surface area contributed by atoms with Crippen LogP contribution in [-0.2, 0) is 11.3 Å². The molecule has 0 unspecified atom stereocenters. The number of nitrogens with zero attached hydrogens (tertiary/aromatic N) is 3. The number of amides is 2. The van der Waals surface area contributed by atoms with Gasteiger partial charge in [-0.1, -0.05) is 48.5 Å². The Morgan fingerprint density at radius 3 is 2.65 bits per heavy atom. The summed E-state index contributed by atoms with van der Waals surface area (Å²) in [5, 5.41) is 9.65. The Kier molecular flexibility index (Phi) is 6.47. The molecular formula is C29H23F2N5O4. The van der Waals surface area contributed by atoms with E-state index in [9.17, 15) is 14.0 Å². The number of ether oxygens (including phenoxy) is 2. The van der Waals surface area contributed by atoms with Crippen LogP contribution in [0.1, 0.15) is 27.9 Å². The predicted molar refractivity (Wildman–Crippen MR) is 143 cm³/mol. The molecule has 2 N–H and O–H groups in total. The standard InChI is InChI=1S/C29H23F2N5O4/c1-39-20-13-6-11-18(30)21(20)25-22(29-36(35-25)14-7-15-40-29)27(37)34-26-28(38)33-24-17(10-5-12-19(24)31)23(32-26)16-8-3-2-4-9-16/h2-6,8-13,26H,7,14-15H2,1H3,(H,33,38)(H,34,37)/t26-/m1/s1. The van der Waals surface area contributed by atoms with Gasteiger partial charge >= 0.3 is 0 Å². The van der Waals surface area contributed by atoms with Gasteiger partial charge in [0.25, 0.3) is 11.8 Å². The van der Waals surface area contributed by atoms with Gasteiger partial charge in [0.15, 0.2) is 0 Å². The van der Waals surface area contributed by atoms with E-state index in [1.54, 1.807) is 36.4 Å². The summed E-state index contributed by atoms with van der Waals surface area (Å²) in [4.78, 5) is 31.7. The lowest BCUT2D eigenvalue weighted by molar-refractivity contribution is -0.117. The van der Waals surface area contributed by atoms with Crippen LogP contribution in [0.15, 0.2) is 71.7 Å². The summed E-state index contributed by atoms with van der Waals surface area (Å²) in [6.07, 6.45) is -0.813. The van der Waals surface area contributed by atoms with Crippen LogP contribution in [0.4, 0.5) is 14.5 Å². The summed E-state index contributed by atoms with van der Waals surface area (Å²) in [5.41, 5.74) is 1.15. The van der Waals surface area contributed by atoms with Crippen molar-refractivity contribution in [2.24, 2.45) is 4.99 Å². The molecule has 3 heterocycles. The minimum absolute atomic E-state index is 0.0000249. The van der Waals surface area contributed by atoms with E-state index < -0.39 is 29.6 Å². The van der Waals surface area contributed by atoms with E-state index in [4.69, 9.17) is 9.47 Å². The van der Waals surface area contributed by atoms with Crippen molar-refractivity contribution in [1.82, 2.24) is 15.1 Å². The maximum atomic E-state index is 15.1. The molecule has 0 aliphatic carbocycles. The largest absolute Gasteiger partial charge is 0.496 e. The van der Waals surface area contributed by atoms with Gasteiger partial charge in [0, 0.05) is 24.1 Å². The number of rotatable bonds is 5. The molecule has 1 atom stereocenters. The number of benzene rings is 3. The second kappa shape index (κ2) is 10.3. The van der Waals surface area contributed by atoms with E-state index in [2.05, 4.69) is 20.7 Å². The fourth-order valence-corrected chi connectivity index (χ4v) is 4.83. The fourth-order valence-electron chi connectivity index (χ4n) is 4.83. The zero-order chi connectivity index (χ0) is 27.8. The van der Waals surface area contributed by atoms with Crippen molar-refractivity contribution in [3.63, 3.8) is 0 Å². The third-order valence-corrected chi connectivity index (χ3v) is 6.66. The number of hydrogen-bond donors (Lipinski definition) is 2. The smallest absolute Gasteiger partial charge is 0.269 e. The highest BCUT2D eigenvalue weighted by atomic mass is 19.1. The molecule has 9 nitrogen and oxygen atoms in total. The van der Waals surface area contributed by atoms with Crippen molar-refractivity contribution >= 4 is 23.2 Å². The Balaban J connectivity index is 1.45. The van der Waals surface area contributed by atoms with E-state index in [0.717, 1.165) is 0 Å². The molecule has 6 rings (SSSR count). The van der Waals surface area contributed by atoms with Gasteiger partial charge in [-0.15, -0.1) is 0 Å². The van der Waals surface area contributed by atoms with E-state index in [-0.39, 0.29) is 34.1 Å². The maximum absolute atomic E-state index is 15.1. The van der Waals surface area contributed by atoms with Crippen LogP contribution in [0, 0.1) is 11.6 Å². The van der Waals surface area contributed by atoms with Crippen LogP contribution in [0.25, 0.3) is 11.3 Å². The van der Waals surface area contributed by atoms with Gasteiger partial charge in [-0.25, -0.2) is 18.5 Å². The SMILES string of the molecule is COc1cccc(F)c1-c1nn2c(c1C(=O)N[C@H]1N=C(c3ccccc3)c3cccc(F)c3NC1=O)OCCC2. The molecule has 40 heavy (non-hydrogen) atoms. The van der Waals surface area contributed by atoms with Crippen LogP contribution in [0.3, 0.4) is 0 Å². The number of aromatic nitrogens is 2. The summed E-state index contributed by atoms with van der Waals surface area (Å²) in [6.45, 7) is 0.774. The van der Waals surface area contributed by atoms with Gasteiger partial charge in [0.1, 0.15) is 28.6 Å². The van der Waals surface area contributed by atoms with Gasteiger partial charge in [0.2, 0.25) is 12.0 Å². The zero-order valence-electron chi connectivity index (χ0n) is 21.3. The Morgan fingerprint density at radius 2 is 1.85 bits per heavy atom. The Bertz CT molecular complexity index is 1670. The number of carbonyl (C=O) groups excluding carboxylic acids is 2. The number of para-hydroxylation sites is 1. The van der Waals surface area contributed by atoms with Crippen LogP contribution < -0.4 is 20.1 Å². The monoisotopic (exact) mass is 543 g/mol. The van der Waals surface area contributed by atoms with Crippen molar-refractivity contribution in [3.8, 4) is 22.9 Å². The quantitative estimate of drug-likeness (QED) is 0.393. The van der Waals surface area contributed by atoms with Gasteiger partial charge in [-0.05, 0) is 18.2 Å². The topological polar surface area (TPSA) is 107 Å². The van der Waals surface area contributed by atoms with E-state index in [0.29, 0.717) is 36.4 Å². The third kappa shape index (κ3) is 4.35. The first-order valence-corrected chi connectivity index (χ1v) is 12.6. The second-order valence-corrected chi connectivity index (χ2v) is 9.14. The van der Waals surface area contributed by atoms with E-state index >= 15 is 4.39 Å². The van der Waals surface area contributed by atoms with Crippen molar-refractivity contribution < 1.29 is 27.8 Å². The molecular weight excluding hydrogens is 520 g/mol. The highest BCUT2D eigenvalue weighted by Crippen LogP contribution is 2.39. The number of methoxy groups -OCH3 is 1. The van der Waals surface area contributed by atoms with E-state index in [1.165, 1.54) is 36.1 Å². The fraction of sp³-hybridized carbons (Fsp3) is 0.172. The predicted octanol–water partition coefficient (Wildman–Crippen LogP) is 4.17. The summed E-state index contributed by atoms with van der Waals surface area (Å²) in [7, 11) is 1.39. The summed E-state index contributed by atoms with van der Waals surface area (Å²) in [5.74, 6) is -2.50. The molecule has 4 aromatic rings. The molecule has 11 heteroatoms. The van der Waals surface area contributed by atoms with Crippen molar-refractivity contribution in [2.75, 3.05) is 19.0 Å². The van der Waals surface area contributed by atoms with Crippen LogP contribution in [-0.4, -0.2) is 47.2 Å². The number of halogens is 2. The molecule has 2 amide bonds. The molecule has 0 spiro atoms. The first-order valence-electron chi connectivity index (χ1n) is 12.6. The Labute approximate surface area is 227 Å². The summed E-state index contributed by atoms with van der Waals surface area (Å²) in [6, 6.07) is 17.6. The molecule has 202 valence electrons. The number of aryl methyl sites for hydroxylation is 1. The first-order chi connectivity index (χ1) is 19.5. The van der Waals surface area contributed by atoms with Crippen LogP contribution in [0.2, 0.25) is 0 Å². The number of carbonyl (C=O) groups is 2. The average molecular weight is 544 g/mol. The highest BCUT2D eigenvalue weighted by Gasteiger charge is 2.34. The maximum Gasteiger partial charge on any atom is 0.269 e. The number of aliphatic imine (C=N–C) groups is 1. The highest BCUT2D eigenvalue weighted by molar-refractivity contribution is 6.20. The molecule has 0 saturated heterocycles. The van der Waals surface area contributed by atoms with Crippen LogP contribution >= 0.6 is 0 Å². The third-order valence-electron chi connectivity index (χ3n) is 6.66. The zero-order valence-corrected chi connectivity index (χ0v) is 21.3. The molecule has 3 aromatic carbocycles. The molecule has 0 saturated carbocycles. The number of anilines is 1. The summed E-state index contributed by atoms with van der Waals surface area (Å²) < 4.78 is 42.6. The average Bonchev–Trinajstić information content (AvgIpc) is 3.29. The lowest BCUT2D eigenvalue weighted by atomic mass is 10.0. The molecule has 0 radical (unpaired) electrons. The molecule has 0 bridgehead atoms. The Morgan fingerprint density at radius 1 is 1.07 bits per heavy atom. The van der Waals surface area contributed by atoms with Gasteiger partial charge < -0.3 is 20.1 Å². The van der Waals surface area contributed by atoms with Gasteiger partial charge in [-0.3, -0.25) is 9.59 Å². The number of hydrogen-bond acceptors (Lipinski definition) is 6. The van der Waals surface area contributed by atoms with Gasteiger partial charge in [-0.2, -0.15) is 5.10 Å². The van der Waals surface area contributed by atoms with Gasteiger partial charge in [0.05, 0.1) is 30.7 Å². The molecule has 2 aliphatic rings. The number of fused-ring (bicyclic) bond motifs is 2. The van der Waals surface area contributed by atoms with Crippen molar-refractivity contribution in [3.05, 3.63) is 95.1 Å². The molecule has 2 aliphatic heterocycles. The first kappa shape index (κ1) is 25.2. The molecule has 0 fully saturated rings. The normalized spacial score (nSPS) is 16.0. The van der Waals surface area contributed by atoms with Crippen LogP contribution in [0.5, 0.6) is 11.6 Å². The lowest BCUT2D eigenvalue weighted by Gasteiger charge is -2.17. The van der Waals surface area contributed by atoms with Crippen molar-refractivity contribution in [1.29, 1.82) is 0 Å². The lowest BCUT2D eigenvalue weighted by Crippen LogP contribution is -2.42. The van der Waals surface area contributed by atoms with Crippen molar-refractivity contribution in [2.45, 2.75) is 19.1 Å². The minimum Gasteiger partial charge on any atom is -0.496 e. The summed E-state index contributed by atoms with van der Waals surface area (Å²) >= 11 is 0. The second-order valence-electron chi connectivity index (χ2n) is 9.14. The van der Waals surface area contributed by atoms with E-state index in [1.807, 2.05) is 6.07 Å². The Hall–Kier alpha value is -5.06. The molecule has 1 aromatic heterocycles. The number of nitrogens with one attached hydrogen (secondary N) is 2. The minimum atomic E-state index is -1.45.